The van der Waals surface area contributed by atoms with Gasteiger partial charge in [0.05, 0.1) is 12.2 Å². The summed E-state index contributed by atoms with van der Waals surface area (Å²) in [6, 6.07) is 9.80. The van der Waals surface area contributed by atoms with E-state index in [9.17, 15) is 4.79 Å². The number of nitrogens with zero attached hydrogens (tertiary/aromatic N) is 5. The van der Waals surface area contributed by atoms with Crippen LogP contribution in [0.2, 0.25) is 0 Å². The zero-order valence-electron chi connectivity index (χ0n) is 16.5. The van der Waals surface area contributed by atoms with Gasteiger partial charge in [-0.25, -0.2) is 15.1 Å². The smallest absolute Gasteiger partial charge is 0.289 e. The average molecular weight is 397 g/mol. The van der Waals surface area contributed by atoms with Crippen molar-refractivity contribution in [1.29, 1.82) is 0 Å². The van der Waals surface area contributed by atoms with Gasteiger partial charge in [-0.15, -0.1) is 0 Å². The number of hydrazine groups is 1. The van der Waals surface area contributed by atoms with Gasteiger partial charge < -0.3 is 16.4 Å². The molecule has 1 aromatic carbocycles. The largest absolute Gasteiger partial charge is 0.379 e. The molecule has 0 spiro atoms. The van der Waals surface area contributed by atoms with Crippen LogP contribution >= 0.6 is 0 Å². The summed E-state index contributed by atoms with van der Waals surface area (Å²) in [6.07, 6.45) is 5.12. The van der Waals surface area contributed by atoms with Crippen molar-refractivity contribution in [3.63, 3.8) is 0 Å². The topological polar surface area (TPSA) is 139 Å². The Morgan fingerprint density at radius 1 is 1.28 bits per heavy atom. The molecular formula is C19H27N9O. The van der Waals surface area contributed by atoms with Gasteiger partial charge in [0.15, 0.2) is 5.84 Å². The summed E-state index contributed by atoms with van der Waals surface area (Å²) in [4.78, 5) is 22.9. The second kappa shape index (κ2) is 9.80. The molecule has 1 aliphatic rings. The number of nitrogens with one attached hydrogen (secondary N) is 2. The van der Waals surface area contributed by atoms with Crippen molar-refractivity contribution in [2.24, 2.45) is 21.5 Å². The Bertz CT molecular complexity index is 868. The van der Waals surface area contributed by atoms with E-state index in [1.165, 1.54) is 0 Å². The van der Waals surface area contributed by atoms with Crippen molar-refractivity contribution < 1.29 is 4.79 Å². The van der Waals surface area contributed by atoms with Gasteiger partial charge in [-0.1, -0.05) is 18.2 Å². The van der Waals surface area contributed by atoms with Crippen molar-refractivity contribution in [3.8, 4) is 5.69 Å². The van der Waals surface area contributed by atoms with Gasteiger partial charge in [-0.05, 0) is 30.5 Å². The standard InChI is InChI=1S/C19H27N9O/c1-22-26-19(25-17(21)18(29)27-11-7-15(20)8-12-27)23-13-14-5-2-3-6-16(14)28-10-4-9-24-28/h2-6,9-10,15,22H,7-8,11-13,20H2,1H3,(H3,21,23,25,26). The Morgan fingerprint density at radius 2 is 2.03 bits per heavy atom. The molecule has 3 rings (SSSR count). The number of hydrogen-bond acceptors (Lipinski definition) is 5. The lowest BCUT2D eigenvalue weighted by Gasteiger charge is -2.29. The molecule has 0 unspecified atom stereocenters. The number of para-hydroxylation sites is 1. The quantitative estimate of drug-likeness (QED) is 0.319. The van der Waals surface area contributed by atoms with Crippen LogP contribution in [0.3, 0.4) is 0 Å². The van der Waals surface area contributed by atoms with E-state index in [1.54, 1.807) is 22.8 Å². The molecule has 29 heavy (non-hydrogen) atoms. The number of benzene rings is 1. The SMILES string of the molecule is CNNC(=NCc1ccccc1-n1cccn1)N=C(N)C(=O)N1CCC(N)CC1. The van der Waals surface area contributed by atoms with Crippen molar-refractivity contribution in [1.82, 2.24) is 25.5 Å². The van der Waals surface area contributed by atoms with Crippen LogP contribution in [0, 0.1) is 0 Å². The molecule has 2 heterocycles. The number of likely N-dealkylation sites (tertiary alicyclic amines) is 1. The summed E-state index contributed by atoms with van der Waals surface area (Å²) in [6.45, 7) is 1.50. The third-order valence-electron chi connectivity index (χ3n) is 4.65. The highest BCUT2D eigenvalue weighted by molar-refractivity contribution is 6.38. The maximum atomic E-state index is 12.5. The van der Waals surface area contributed by atoms with E-state index >= 15 is 0 Å². The summed E-state index contributed by atoms with van der Waals surface area (Å²) < 4.78 is 1.78. The summed E-state index contributed by atoms with van der Waals surface area (Å²) in [7, 11) is 1.69. The van der Waals surface area contributed by atoms with Crippen molar-refractivity contribution in [2.75, 3.05) is 20.1 Å². The van der Waals surface area contributed by atoms with Crippen molar-refractivity contribution in [3.05, 3.63) is 48.3 Å². The highest BCUT2D eigenvalue weighted by atomic mass is 16.2. The summed E-state index contributed by atoms with van der Waals surface area (Å²) in [5.74, 6) is -0.191. The van der Waals surface area contributed by atoms with Gasteiger partial charge in [0.2, 0.25) is 5.96 Å². The molecule has 0 aliphatic carbocycles. The fraction of sp³-hybridized carbons (Fsp3) is 0.368. The van der Waals surface area contributed by atoms with Crippen LogP contribution < -0.4 is 22.3 Å². The van der Waals surface area contributed by atoms with Crippen LogP contribution in [0.15, 0.2) is 52.7 Å². The van der Waals surface area contributed by atoms with Crippen molar-refractivity contribution in [2.45, 2.75) is 25.4 Å². The zero-order valence-corrected chi connectivity index (χ0v) is 16.5. The Morgan fingerprint density at radius 3 is 2.72 bits per heavy atom. The highest BCUT2D eigenvalue weighted by Crippen LogP contribution is 2.14. The Balaban J connectivity index is 1.75. The molecule has 0 radical (unpaired) electrons. The number of amidine groups is 1. The molecule has 10 heteroatoms. The number of rotatable bonds is 4. The van der Waals surface area contributed by atoms with E-state index in [2.05, 4.69) is 25.9 Å². The predicted molar refractivity (Wildman–Crippen MR) is 112 cm³/mol. The fourth-order valence-corrected chi connectivity index (χ4v) is 3.08. The monoisotopic (exact) mass is 397 g/mol. The second-order valence-corrected chi connectivity index (χ2v) is 6.72. The van der Waals surface area contributed by atoms with E-state index in [1.807, 2.05) is 36.5 Å². The lowest BCUT2D eigenvalue weighted by atomic mass is 10.1. The Labute approximate surface area is 169 Å². The maximum Gasteiger partial charge on any atom is 0.289 e. The average Bonchev–Trinajstić information content (AvgIpc) is 3.27. The minimum atomic E-state index is -0.306. The van der Waals surface area contributed by atoms with Gasteiger partial charge in [-0.3, -0.25) is 10.2 Å². The molecule has 0 saturated carbocycles. The maximum absolute atomic E-state index is 12.5. The van der Waals surface area contributed by atoms with Crippen LogP contribution in [0.1, 0.15) is 18.4 Å². The number of hydrogen-bond donors (Lipinski definition) is 4. The first kappa shape index (κ1) is 20.5. The lowest BCUT2D eigenvalue weighted by molar-refractivity contribution is -0.125. The molecule has 1 fully saturated rings. The van der Waals surface area contributed by atoms with Crippen LogP contribution in [-0.2, 0) is 11.3 Å². The van der Waals surface area contributed by atoms with Gasteiger partial charge in [0, 0.05) is 38.6 Å². The molecule has 2 aromatic rings. The van der Waals surface area contributed by atoms with Gasteiger partial charge in [-0.2, -0.15) is 10.1 Å². The molecule has 0 atom stereocenters. The number of aliphatic imine (C=N–C) groups is 2. The minimum Gasteiger partial charge on any atom is -0.379 e. The first-order valence-electron chi connectivity index (χ1n) is 9.52. The minimum absolute atomic E-state index is 0.109. The Kier molecular flexibility index (Phi) is 6.93. The fourth-order valence-electron chi connectivity index (χ4n) is 3.08. The van der Waals surface area contributed by atoms with E-state index in [4.69, 9.17) is 11.5 Å². The summed E-state index contributed by atoms with van der Waals surface area (Å²) >= 11 is 0. The highest BCUT2D eigenvalue weighted by Gasteiger charge is 2.23. The molecular weight excluding hydrogens is 370 g/mol. The number of aromatic nitrogens is 2. The number of amides is 1. The van der Waals surface area contributed by atoms with E-state index in [-0.39, 0.29) is 23.7 Å². The van der Waals surface area contributed by atoms with Crippen LogP contribution in [-0.4, -0.2) is 58.6 Å². The molecule has 1 aromatic heterocycles. The van der Waals surface area contributed by atoms with Crippen LogP contribution in [0.25, 0.3) is 5.69 Å². The first-order chi connectivity index (χ1) is 14.1. The lowest BCUT2D eigenvalue weighted by Crippen LogP contribution is -2.48. The van der Waals surface area contributed by atoms with E-state index in [0.29, 0.717) is 19.6 Å². The molecule has 10 nitrogen and oxygen atoms in total. The van der Waals surface area contributed by atoms with Gasteiger partial charge in [0.1, 0.15) is 0 Å². The molecule has 1 amide bonds. The molecule has 1 saturated heterocycles. The van der Waals surface area contributed by atoms with Crippen molar-refractivity contribution >= 4 is 17.7 Å². The number of carbonyl (C=O) groups is 1. The van der Waals surface area contributed by atoms with Crippen LogP contribution in [0.5, 0.6) is 0 Å². The number of carbonyl (C=O) groups excluding carboxylic acids is 1. The van der Waals surface area contributed by atoms with Crippen LogP contribution in [0.4, 0.5) is 0 Å². The Hall–Kier alpha value is -3.24. The summed E-state index contributed by atoms with van der Waals surface area (Å²) in [5.41, 5.74) is 19.3. The molecule has 1 aliphatic heterocycles. The first-order valence-corrected chi connectivity index (χ1v) is 9.52. The third kappa shape index (κ3) is 5.39. The second-order valence-electron chi connectivity index (χ2n) is 6.72. The number of guanidine groups is 1. The van der Waals surface area contributed by atoms with E-state index in [0.717, 1.165) is 24.1 Å². The van der Waals surface area contributed by atoms with E-state index < -0.39 is 0 Å². The molecule has 6 N–H and O–H groups in total. The summed E-state index contributed by atoms with van der Waals surface area (Å²) in [5, 5.41) is 4.27. The molecule has 154 valence electrons. The van der Waals surface area contributed by atoms with Gasteiger partial charge >= 0.3 is 0 Å². The predicted octanol–water partition coefficient (Wildman–Crippen LogP) is -0.241. The third-order valence-corrected chi connectivity index (χ3v) is 4.65. The van der Waals surface area contributed by atoms with Gasteiger partial charge in [0.25, 0.3) is 5.91 Å². The number of nitrogens with two attached hydrogens (primary N) is 2. The normalized spacial score (nSPS) is 16.1. The zero-order chi connectivity index (χ0) is 20.6. The molecule has 0 bridgehead atoms. The number of piperidine rings is 1.